The molecule has 3 rings (SSSR count). The molecule has 140 valence electrons. The Bertz CT molecular complexity index is 833. The third kappa shape index (κ3) is 4.53. The standard InChI is InChI=1S/C21H22N2O4/c1-14-11-17(21(26)27)13-23(12-14)20(25)16-7-9-18(10-8-16)22-19(24)15-5-3-2-4-6-15/h2-10,14,17H,11-13H2,1H3,(H,22,24)(H,26,27). The number of anilines is 1. The van der Waals surface area contributed by atoms with Crippen LogP contribution in [0.4, 0.5) is 5.69 Å². The lowest BCUT2D eigenvalue weighted by Crippen LogP contribution is -2.45. The Morgan fingerprint density at radius 1 is 0.963 bits per heavy atom. The van der Waals surface area contributed by atoms with Crippen LogP contribution in [-0.2, 0) is 4.79 Å². The van der Waals surface area contributed by atoms with E-state index in [0.717, 1.165) is 0 Å². The van der Waals surface area contributed by atoms with Gasteiger partial charge in [0.2, 0.25) is 0 Å². The molecule has 1 aliphatic rings. The lowest BCUT2D eigenvalue weighted by molar-refractivity contribution is -0.143. The summed E-state index contributed by atoms with van der Waals surface area (Å²) in [5.41, 5.74) is 1.63. The number of benzene rings is 2. The molecule has 0 spiro atoms. The smallest absolute Gasteiger partial charge is 0.308 e. The van der Waals surface area contributed by atoms with Crippen LogP contribution in [0.3, 0.4) is 0 Å². The number of nitrogens with one attached hydrogen (secondary N) is 1. The number of amides is 2. The first-order valence-corrected chi connectivity index (χ1v) is 8.92. The van der Waals surface area contributed by atoms with Crippen molar-refractivity contribution in [3.05, 3.63) is 65.7 Å². The monoisotopic (exact) mass is 366 g/mol. The molecule has 2 N–H and O–H groups in total. The highest BCUT2D eigenvalue weighted by molar-refractivity contribution is 6.04. The van der Waals surface area contributed by atoms with Crippen LogP contribution in [0.25, 0.3) is 0 Å². The molecule has 2 atom stereocenters. The van der Waals surface area contributed by atoms with Gasteiger partial charge in [0.1, 0.15) is 0 Å². The summed E-state index contributed by atoms with van der Waals surface area (Å²) in [5, 5.41) is 12.1. The van der Waals surface area contributed by atoms with Crippen molar-refractivity contribution in [2.24, 2.45) is 11.8 Å². The van der Waals surface area contributed by atoms with Crippen LogP contribution < -0.4 is 5.32 Å². The van der Waals surface area contributed by atoms with E-state index in [1.165, 1.54) is 0 Å². The minimum atomic E-state index is -0.863. The molecule has 0 saturated carbocycles. The number of carbonyl (C=O) groups excluding carboxylic acids is 2. The SMILES string of the molecule is CC1CC(C(=O)O)CN(C(=O)c2ccc(NC(=O)c3ccccc3)cc2)C1. The van der Waals surface area contributed by atoms with Crippen LogP contribution in [0.5, 0.6) is 0 Å². The van der Waals surface area contributed by atoms with Gasteiger partial charge in [-0.1, -0.05) is 25.1 Å². The third-order valence-corrected chi connectivity index (χ3v) is 4.72. The van der Waals surface area contributed by atoms with Gasteiger partial charge < -0.3 is 15.3 Å². The second-order valence-corrected chi connectivity index (χ2v) is 6.98. The molecule has 2 unspecified atom stereocenters. The summed E-state index contributed by atoms with van der Waals surface area (Å²) >= 11 is 0. The summed E-state index contributed by atoms with van der Waals surface area (Å²) in [5.74, 6) is -1.65. The lowest BCUT2D eigenvalue weighted by Gasteiger charge is -2.34. The predicted octanol–water partition coefficient (Wildman–Crippen LogP) is 3.12. The van der Waals surface area contributed by atoms with Crippen molar-refractivity contribution in [3.8, 4) is 0 Å². The van der Waals surface area contributed by atoms with Gasteiger partial charge in [0, 0.05) is 29.9 Å². The molecule has 2 aromatic carbocycles. The van der Waals surface area contributed by atoms with Gasteiger partial charge in [-0.25, -0.2) is 0 Å². The maximum absolute atomic E-state index is 12.7. The largest absolute Gasteiger partial charge is 0.481 e. The maximum atomic E-state index is 12.7. The Balaban J connectivity index is 1.67. The Hall–Kier alpha value is -3.15. The van der Waals surface area contributed by atoms with E-state index >= 15 is 0 Å². The molecular formula is C21H22N2O4. The Morgan fingerprint density at radius 2 is 1.63 bits per heavy atom. The average molecular weight is 366 g/mol. The van der Waals surface area contributed by atoms with Crippen molar-refractivity contribution in [3.63, 3.8) is 0 Å². The molecule has 1 aliphatic heterocycles. The summed E-state index contributed by atoms with van der Waals surface area (Å²) in [6.45, 7) is 2.73. The Labute approximate surface area is 157 Å². The quantitative estimate of drug-likeness (QED) is 0.870. The fraction of sp³-hybridized carbons (Fsp3) is 0.286. The van der Waals surface area contributed by atoms with Crippen LogP contribution in [0.1, 0.15) is 34.1 Å². The van der Waals surface area contributed by atoms with Gasteiger partial charge in [0.05, 0.1) is 5.92 Å². The zero-order valence-electron chi connectivity index (χ0n) is 15.1. The summed E-state index contributed by atoms with van der Waals surface area (Å²) in [6, 6.07) is 15.5. The zero-order chi connectivity index (χ0) is 19.4. The third-order valence-electron chi connectivity index (χ3n) is 4.72. The van der Waals surface area contributed by atoms with E-state index < -0.39 is 11.9 Å². The maximum Gasteiger partial charge on any atom is 0.308 e. The highest BCUT2D eigenvalue weighted by Gasteiger charge is 2.32. The van der Waals surface area contributed by atoms with Gasteiger partial charge in [0.25, 0.3) is 11.8 Å². The minimum absolute atomic E-state index is 0.147. The molecule has 0 aromatic heterocycles. The van der Waals surface area contributed by atoms with Crippen molar-refractivity contribution in [1.29, 1.82) is 0 Å². The molecule has 2 amide bonds. The molecule has 0 aliphatic carbocycles. The van der Waals surface area contributed by atoms with E-state index in [4.69, 9.17) is 0 Å². The first-order valence-electron chi connectivity index (χ1n) is 8.92. The highest BCUT2D eigenvalue weighted by Crippen LogP contribution is 2.23. The van der Waals surface area contributed by atoms with Gasteiger partial charge in [-0.3, -0.25) is 14.4 Å². The summed E-state index contributed by atoms with van der Waals surface area (Å²) in [4.78, 5) is 37.8. The molecule has 6 heteroatoms. The van der Waals surface area contributed by atoms with Crippen molar-refractivity contribution in [1.82, 2.24) is 4.90 Å². The topological polar surface area (TPSA) is 86.7 Å². The fourth-order valence-electron chi connectivity index (χ4n) is 3.37. The zero-order valence-corrected chi connectivity index (χ0v) is 15.1. The van der Waals surface area contributed by atoms with Gasteiger partial charge in [-0.05, 0) is 48.7 Å². The second-order valence-electron chi connectivity index (χ2n) is 6.98. The first kappa shape index (κ1) is 18.6. The number of hydrogen-bond donors (Lipinski definition) is 2. The molecule has 0 radical (unpaired) electrons. The van der Waals surface area contributed by atoms with Crippen molar-refractivity contribution < 1.29 is 19.5 Å². The molecule has 2 aromatic rings. The number of piperidine rings is 1. The van der Waals surface area contributed by atoms with E-state index in [2.05, 4.69) is 5.32 Å². The van der Waals surface area contributed by atoms with Crippen LogP contribution in [0, 0.1) is 11.8 Å². The minimum Gasteiger partial charge on any atom is -0.481 e. The number of carboxylic acids is 1. The Morgan fingerprint density at radius 3 is 2.26 bits per heavy atom. The number of hydrogen-bond acceptors (Lipinski definition) is 3. The number of nitrogens with zero attached hydrogens (tertiary/aromatic N) is 1. The molecule has 1 heterocycles. The average Bonchev–Trinajstić information content (AvgIpc) is 2.68. The summed E-state index contributed by atoms with van der Waals surface area (Å²) in [7, 11) is 0. The lowest BCUT2D eigenvalue weighted by atomic mass is 9.90. The van der Waals surface area contributed by atoms with Crippen LogP contribution in [-0.4, -0.2) is 40.9 Å². The van der Waals surface area contributed by atoms with E-state index in [1.54, 1.807) is 53.4 Å². The molecule has 1 fully saturated rings. The molecule has 6 nitrogen and oxygen atoms in total. The first-order chi connectivity index (χ1) is 12.9. The highest BCUT2D eigenvalue weighted by atomic mass is 16.4. The van der Waals surface area contributed by atoms with Gasteiger partial charge in [-0.15, -0.1) is 0 Å². The van der Waals surface area contributed by atoms with E-state index in [9.17, 15) is 19.5 Å². The van der Waals surface area contributed by atoms with Crippen molar-refractivity contribution in [2.45, 2.75) is 13.3 Å². The van der Waals surface area contributed by atoms with E-state index in [1.807, 2.05) is 13.0 Å². The van der Waals surface area contributed by atoms with Gasteiger partial charge in [-0.2, -0.15) is 0 Å². The second kappa shape index (κ2) is 8.03. The normalized spacial score (nSPS) is 19.4. The van der Waals surface area contributed by atoms with Crippen molar-refractivity contribution in [2.75, 3.05) is 18.4 Å². The Kier molecular flexibility index (Phi) is 5.54. The van der Waals surface area contributed by atoms with Crippen LogP contribution >= 0.6 is 0 Å². The number of likely N-dealkylation sites (tertiary alicyclic amines) is 1. The predicted molar refractivity (Wildman–Crippen MR) is 102 cm³/mol. The van der Waals surface area contributed by atoms with Crippen LogP contribution in [0.15, 0.2) is 54.6 Å². The molecule has 1 saturated heterocycles. The van der Waals surface area contributed by atoms with Crippen molar-refractivity contribution >= 4 is 23.5 Å². The van der Waals surface area contributed by atoms with Gasteiger partial charge in [0.15, 0.2) is 0 Å². The summed E-state index contributed by atoms with van der Waals surface area (Å²) < 4.78 is 0. The number of carboxylic acid groups (broad SMARTS) is 1. The number of carbonyl (C=O) groups is 3. The molecular weight excluding hydrogens is 344 g/mol. The van der Waals surface area contributed by atoms with E-state index in [0.29, 0.717) is 29.8 Å². The summed E-state index contributed by atoms with van der Waals surface area (Å²) in [6.07, 6.45) is 0.587. The van der Waals surface area contributed by atoms with Gasteiger partial charge >= 0.3 is 5.97 Å². The molecule has 27 heavy (non-hydrogen) atoms. The van der Waals surface area contributed by atoms with Crippen LogP contribution in [0.2, 0.25) is 0 Å². The molecule has 0 bridgehead atoms. The number of rotatable bonds is 4. The fourth-order valence-corrected chi connectivity index (χ4v) is 3.37. The number of aliphatic carboxylic acids is 1. The van der Waals surface area contributed by atoms with E-state index in [-0.39, 0.29) is 24.3 Å².